The molecule has 0 aliphatic rings. The number of nitrogens with zero attached hydrogens (tertiary/aromatic N) is 3. The van der Waals surface area contributed by atoms with Crippen LogP contribution in [0.15, 0.2) is 24.5 Å². The zero-order valence-corrected chi connectivity index (χ0v) is 13.0. The van der Waals surface area contributed by atoms with E-state index in [1.165, 1.54) is 6.33 Å². The average molecular weight is 287 g/mol. The van der Waals surface area contributed by atoms with Gasteiger partial charge in [0.15, 0.2) is 11.6 Å². The van der Waals surface area contributed by atoms with E-state index in [0.717, 1.165) is 17.9 Å². The molecule has 1 heterocycles. The van der Waals surface area contributed by atoms with Gasteiger partial charge in [-0.3, -0.25) is 4.79 Å². The molecule has 112 valence electrons. The Morgan fingerprint density at radius 1 is 1.38 bits per heavy atom. The number of hydrogen-bond donors (Lipinski definition) is 0. The third kappa shape index (κ3) is 3.90. The molecular weight excluding hydrogens is 266 g/mol. The van der Waals surface area contributed by atoms with Gasteiger partial charge in [0.25, 0.3) is 0 Å². The first kappa shape index (κ1) is 15.2. The van der Waals surface area contributed by atoms with Gasteiger partial charge < -0.3 is 4.74 Å². The largest absolute Gasteiger partial charge is 0.485 e. The number of carbonyl (C=O) groups is 1. The van der Waals surface area contributed by atoms with Gasteiger partial charge in [-0.25, -0.2) is 9.67 Å². The molecular formula is C16H21N3O2. The van der Waals surface area contributed by atoms with Crippen LogP contribution >= 0.6 is 0 Å². The van der Waals surface area contributed by atoms with Crippen molar-refractivity contribution in [3.63, 3.8) is 0 Å². The van der Waals surface area contributed by atoms with Crippen LogP contribution < -0.4 is 4.74 Å². The molecule has 21 heavy (non-hydrogen) atoms. The molecule has 0 saturated heterocycles. The summed E-state index contributed by atoms with van der Waals surface area (Å²) in [5.41, 5.74) is 1.65. The molecule has 0 aliphatic heterocycles. The third-order valence-electron chi connectivity index (χ3n) is 3.11. The van der Waals surface area contributed by atoms with Crippen LogP contribution in [0.2, 0.25) is 0 Å². The number of benzene rings is 1. The zero-order chi connectivity index (χ0) is 15.4. The minimum absolute atomic E-state index is 0.00588. The lowest BCUT2D eigenvalue weighted by Crippen LogP contribution is -2.13. The lowest BCUT2D eigenvalue weighted by molar-refractivity contribution is 0.101. The fourth-order valence-electron chi connectivity index (χ4n) is 2.08. The van der Waals surface area contributed by atoms with Crippen LogP contribution in [-0.4, -0.2) is 20.5 Å². The Hall–Kier alpha value is -2.17. The second-order valence-electron chi connectivity index (χ2n) is 5.60. The molecule has 0 bridgehead atoms. The summed E-state index contributed by atoms with van der Waals surface area (Å²) >= 11 is 0. The van der Waals surface area contributed by atoms with Crippen molar-refractivity contribution in [1.29, 1.82) is 0 Å². The second kappa shape index (κ2) is 6.52. The van der Waals surface area contributed by atoms with Crippen LogP contribution in [0, 0.1) is 12.8 Å². The Morgan fingerprint density at radius 3 is 2.81 bits per heavy atom. The molecule has 0 saturated carbocycles. The van der Waals surface area contributed by atoms with Crippen molar-refractivity contribution < 1.29 is 9.53 Å². The van der Waals surface area contributed by atoms with Gasteiger partial charge in [-0.05, 0) is 37.5 Å². The predicted octanol–water partition coefficient (Wildman–Crippen LogP) is 3.02. The molecule has 5 heteroatoms. The summed E-state index contributed by atoms with van der Waals surface area (Å²) in [6.45, 7) is 8.86. The molecule has 1 aromatic heterocycles. The van der Waals surface area contributed by atoms with Gasteiger partial charge in [-0.15, -0.1) is 0 Å². The van der Waals surface area contributed by atoms with Gasteiger partial charge >= 0.3 is 0 Å². The van der Waals surface area contributed by atoms with Gasteiger partial charge in [0.05, 0.1) is 5.56 Å². The van der Waals surface area contributed by atoms with E-state index in [0.29, 0.717) is 23.8 Å². The number of aromatic nitrogens is 3. The molecule has 0 radical (unpaired) electrons. The molecule has 0 amide bonds. The maximum atomic E-state index is 11.6. The normalized spacial score (nSPS) is 10.9. The maximum Gasteiger partial charge on any atom is 0.164 e. The molecule has 0 fully saturated rings. The molecule has 5 nitrogen and oxygen atoms in total. The Kier molecular flexibility index (Phi) is 4.73. The number of ether oxygens (including phenoxy) is 1. The average Bonchev–Trinajstić information content (AvgIpc) is 2.82. The van der Waals surface area contributed by atoms with Crippen LogP contribution in [0.3, 0.4) is 0 Å². The number of aryl methyl sites for hydroxylation is 1. The van der Waals surface area contributed by atoms with E-state index in [1.807, 2.05) is 23.7 Å². The summed E-state index contributed by atoms with van der Waals surface area (Å²) in [5.74, 6) is 1.84. The van der Waals surface area contributed by atoms with E-state index in [1.54, 1.807) is 13.0 Å². The van der Waals surface area contributed by atoms with Crippen molar-refractivity contribution in [2.45, 2.75) is 40.8 Å². The van der Waals surface area contributed by atoms with Crippen LogP contribution in [-0.2, 0) is 13.2 Å². The summed E-state index contributed by atoms with van der Waals surface area (Å²) in [4.78, 5) is 15.9. The summed E-state index contributed by atoms with van der Waals surface area (Å²) in [6, 6.07) is 5.58. The summed E-state index contributed by atoms with van der Waals surface area (Å²) in [5, 5.41) is 4.20. The summed E-state index contributed by atoms with van der Waals surface area (Å²) in [6.07, 6.45) is 1.53. The first-order chi connectivity index (χ1) is 9.97. The Morgan fingerprint density at radius 2 is 2.14 bits per heavy atom. The smallest absolute Gasteiger partial charge is 0.164 e. The molecule has 0 atom stereocenters. The minimum atomic E-state index is -0.00588. The van der Waals surface area contributed by atoms with E-state index in [-0.39, 0.29) is 5.78 Å². The molecule has 0 aliphatic carbocycles. The van der Waals surface area contributed by atoms with E-state index < -0.39 is 0 Å². The molecule has 0 spiro atoms. The summed E-state index contributed by atoms with van der Waals surface area (Å²) in [7, 11) is 0. The van der Waals surface area contributed by atoms with Gasteiger partial charge in [-0.2, -0.15) is 5.10 Å². The molecule has 2 rings (SSSR count). The molecule has 0 N–H and O–H groups in total. The fraction of sp³-hybridized carbons (Fsp3) is 0.438. The minimum Gasteiger partial charge on any atom is -0.485 e. The standard InChI is InChI=1S/C16H21N3O2/c1-11(2)8-19-16(17-10-18-19)9-21-15-7-12(3)5-6-14(15)13(4)20/h5-7,10-11H,8-9H2,1-4H3. The van der Waals surface area contributed by atoms with E-state index in [9.17, 15) is 4.79 Å². The van der Waals surface area contributed by atoms with Crippen LogP contribution in [0.25, 0.3) is 0 Å². The van der Waals surface area contributed by atoms with Gasteiger partial charge in [0.2, 0.25) is 0 Å². The zero-order valence-electron chi connectivity index (χ0n) is 13.0. The second-order valence-corrected chi connectivity index (χ2v) is 5.60. The highest BCUT2D eigenvalue weighted by Crippen LogP contribution is 2.21. The molecule has 1 aromatic carbocycles. The van der Waals surface area contributed by atoms with Crippen molar-refractivity contribution in [3.8, 4) is 5.75 Å². The van der Waals surface area contributed by atoms with Crippen molar-refractivity contribution >= 4 is 5.78 Å². The Bertz CT molecular complexity index is 632. The van der Waals surface area contributed by atoms with Gasteiger partial charge in [-0.1, -0.05) is 19.9 Å². The number of ketones is 1. The van der Waals surface area contributed by atoms with Crippen LogP contribution in [0.4, 0.5) is 0 Å². The lowest BCUT2D eigenvalue weighted by Gasteiger charge is -2.12. The Labute approximate surface area is 125 Å². The maximum absolute atomic E-state index is 11.6. The topological polar surface area (TPSA) is 57.0 Å². The number of carbonyl (C=O) groups excluding carboxylic acids is 1. The van der Waals surface area contributed by atoms with Crippen molar-refractivity contribution in [1.82, 2.24) is 14.8 Å². The SMILES string of the molecule is CC(=O)c1ccc(C)cc1OCc1ncnn1CC(C)C. The lowest BCUT2D eigenvalue weighted by atomic mass is 10.1. The third-order valence-corrected chi connectivity index (χ3v) is 3.11. The quantitative estimate of drug-likeness (QED) is 0.766. The van der Waals surface area contributed by atoms with Gasteiger partial charge in [0, 0.05) is 6.54 Å². The predicted molar refractivity (Wildman–Crippen MR) is 80.4 cm³/mol. The number of Topliss-reactive ketones (excluding diaryl/α,β-unsaturated/α-hetero) is 1. The molecule has 2 aromatic rings. The number of hydrogen-bond acceptors (Lipinski definition) is 4. The molecule has 0 unspecified atom stereocenters. The fourth-order valence-corrected chi connectivity index (χ4v) is 2.08. The van der Waals surface area contributed by atoms with E-state index in [4.69, 9.17) is 4.74 Å². The van der Waals surface area contributed by atoms with E-state index >= 15 is 0 Å². The van der Waals surface area contributed by atoms with Crippen LogP contribution in [0.5, 0.6) is 5.75 Å². The monoisotopic (exact) mass is 287 g/mol. The van der Waals surface area contributed by atoms with Gasteiger partial charge in [0.1, 0.15) is 18.7 Å². The highest BCUT2D eigenvalue weighted by molar-refractivity contribution is 5.96. The van der Waals surface area contributed by atoms with Crippen LogP contribution in [0.1, 0.15) is 42.5 Å². The highest BCUT2D eigenvalue weighted by atomic mass is 16.5. The van der Waals surface area contributed by atoms with E-state index in [2.05, 4.69) is 23.9 Å². The number of rotatable bonds is 6. The first-order valence-corrected chi connectivity index (χ1v) is 7.08. The van der Waals surface area contributed by atoms with Crippen molar-refractivity contribution in [3.05, 3.63) is 41.5 Å². The van der Waals surface area contributed by atoms with Crippen molar-refractivity contribution in [2.75, 3.05) is 0 Å². The first-order valence-electron chi connectivity index (χ1n) is 7.08. The highest BCUT2D eigenvalue weighted by Gasteiger charge is 2.11. The Balaban J connectivity index is 2.15. The summed E-state index contributed by atoms with van der Waals surface area (Å²) < 4.78 is 7.64. The van der Waals surface area contributed by atoms with Crippen molar-refractivity contribution in [2.24, 2.45) is 5.92 Å².